The lowest BCUT2D eigenvalue weighted by atomic mass is 9.67. The van der Waals surface area contributed by atoms with Crippen molar-refractivity contribution >= 4 is 21.5 Å². The van der Waals surface area contributed by atoms with E-state index < -0.39 is 5.41 Å². The van der Waals surface area contributed by atoms with E-state index in [1.165, 1.54) is 66.2 Å². The minimum absolute atomic E-state index is 0.522. The molecule has 0 spiro atoms. The molecule has 2 heteroatoms. The molecule has 1 aliphatic carbocycles. The first-order valence-electron chi connectivity index (χ1n) is 21.6. The Balaban J connectivity index is 1.05. The van der Waals surface area contributed by atoms with Crippen LogP contribution in [0.15, 0.2) is 243 Å². The summed E-state index contributed by atoms with van der Waals surface area (Å²) in [6, 6.07) is 87.9. The van der Waals surface area contributed by atoms with Gasteiger partial charge < -0.3 is 0 Å². The number of hydrogen-bond donors (Lipinski definition) is 0. The second kappa shape index (κ2) is 15.1. The van der Waals surface area contributed by atoms with Gasteiger partial charge in [-0.25, -0.2) is 9.97 Å². The highest BCUT2D eigenvalue weighted by Crippen LogP contribution is 2.57. The number of aromatic nitrogens is 2. The molecule has 10 aromatic carbocycles. The van der Waals surface area contributed by atoms with Gasteiger partial charge in [0.2, 0.25) is 0 Å². The van der Waals surface area contributed by atoms with E-state index in [1.807, 2.05) is 18.2 Å². The first-order chi connectivity index (χ1) is 31.2. The van der Waals surface area contributed by atoms with Crippen LogP contribution < -0.4 is 0 Å². The molecular formula is C61H40N2. The van der Waals surface area contributed by atoms with Gasteiger partial charge in [0.15, 0.2) is 5.82 Å². The average molecular weight is 801 g/mol. The number of fused-ring (bicyclic) bond motifs is 5. The zero-order chi connectivity index (χ0) is 41.7. The van der Waals surface area contributed by atoms with Gasteiger partial charge in [-0.1, -0.05) is 212 Å². The summed E-state index contributed by atoms with van der Waals surface area (Å²) in [6.45, 7) is 0. The molecule has 0 N–H and O–H groups in total. The van der Waals surface area contributed by atoms with E-state index >= 15 is 0 Å². The summed E-state index contributed by atoms with van der Waals surface area (Å²) in [5.41, 5.74) is 16.7. The van der Waals surface area contributed by atoms with Crippen LogP contribution in [0.4, 0.5) is 0 Å². The van der Waals surface area contributed by atoms with Crippen LogP contribution >= 0.6 is 0 Å². The van der Waals surface area contributed by atoms with Crippen molar-refractivity contribution in [3.05, 3.63) is 265 Å². The molecule has 0 bridgehead atoms. The van der Waals surface area contributed by atoms with Gasteiger partial charge in [0, 0.05) is 16.7 Å². The Morgan fingerprint density at radius 1 is 0.270 bits per heavy atom. The summed E-state index contributed by atoms with van der Waals surface area (Å²) >= 11 is 0. The Kier molecular flexibility index (Phi) is 8.76. The number of rotatable bonds is 7. The maximum atomic E-state index is 5.30. The van der Waals surface area contributed by atoms with Crippen molar-refractivity contribution < 1.29 is 0 Å². The molecule has 11 aromatic rings. The molecule has 0 amide bonds. The molecule has 1 aliphatic rings. The maximum absolute atomic E-state index is 5.30. The Morgan fingerprint density at radius 3 is 1.48 bits per heavy atom. The third kappa shape index (κ3) is 6.10. The maximum Gasteiger partial charge on any atom is 0.160 e. The fourth-order valence-electron chi connectivity index (χ4n) is 10.1. The highest BCUT2D eigenvalue weighted by Gasteiger charge is 2.46. The van der Waals surface area contributed by atoms with E-state index in [9.17, 15) is 0 Å². The molecule has 294 valence electrons. The minimum Gasteiger partial charge on any atom is -0.228 e. The van der Waals surface area contributed by atoms with Crippen molar-refractivity contribution in [2.24, 2.45) is 0 Å². The summed E-state index contributed by atoms with van der Waals surface area (Å²) in [7, 11) is 0. The molecule has 0 unspecified atom stereocenters. The zero-order valence-corrected chi connectivity index (χ0v) is 34.5. The summed E-state index contributed by atoms with van der Waals surface area (Å²) in [6.07, 6.45) is 0. The molecule has 1 aromatic heterocycles. The van der Waals surface area contributed by atoms with Crippen LogP contribution in [-0.4, -0.2) is 9.97 Å². The van der Waals surface area contributed by atoms with Crippen LogP contribution in [0.3, 0.4) is 0 Å². The van der Waals surface area contributed by atoms with Crippen molar-refractivity contribution in [3.8, 4) is 67.3 Å². The summed E-state index contributed by atoms with van der Waals surface area (Å²) in [5, 5.41) is 4.81. The molecule has 0 saturated heterocycles. The third-order valence-corrected chi connectivity index (χ3v) is 13.0. The molecular weight excluding hydrogens is 761 g/mol. The molecule has 1 heterocycles. The summed E-state index contributed by atoms with van der Waals surface area (Å²) in [4.78, 5) is 10.5. The van der Waals surface area contributed by atoms with Gasteiger partial charge in [0.05, 0.1) is 16.8 Å². The molecule has 2 nitrogen and oxygen atoms in total. The van der Waals surface area contributed by atoms with E-state index in [1.54, 1.807) is 0 Å². The molecule has 0 aliphatic heterocycles. The zero-order valence-electron chi connectivity index (χ0n) is 34.5. The first-order valence-corrected chi connectivity index (χ1v) is 21.6. The van der Waals surface area contributed by atoms with Crippen molar-refractivity contribution in [2.75, 3.05) is 0 Å². The van der Waals surface area contributed by atoms with Crippen LogP contribution in [-0.2, 0) is 5.41 Å². The van der Waals surface area contributed by atoms with Crippen LogP contribution in [0, 0.1) is 0 Å². The van der Waals surface area contributed by atoms with Crippen molar-refractivity contribution in [1.82, 2.24) is 9.97 Å². The van der Waals surface area contributed by atoms with Gasteiger partial charge in [-0.05, 0) is 108 Å². The minimum atomic E-state index is -0.522. The lowest BCUT2D eigenvalue weighted by Gasteiger charge is -2.34. The molecule has 0 radical (unpaired) electrons. The van der Waals surface area contributed by atoms with E-state index in [4.69, 9.17) is 9.97 Å². The van der Waals surface area contributed by atoms with E-state index in [0.29, 0.717) is 5.82 Å². The average Bonchev–Trinajstić information content (AvgIpc) is 3.65. The fraction of sp³-hybridized carbons (Fsp3) is 0.0164. The number of hydrogen-bond acceptors (Lipinski definition) is 2. The van der Waals surface area contributed by atoms with E-state index in [-0.39, 0.29) is 0 Å². The quantitative estimate of drug-likeness (QED) is 0.160. The first kappa shape index (κ1) is 36.6. The van der Waals surface area contributed by atoms with Gasteiger partial charge in [-0.2, -0.15) is 0 Å². The van der Waals surface area contributed by atoms with Crippen LogP contribution in [0.5, 0.6) is 0 Å². The third-order valence-electron chi connectivity index (χ3n) is 13.0. The smallest absolute Gasteiger partial charge is 0.160 e. The Hall–Kier alpha value is -8.20. The molecule has 0 saturated carbocycles. The lowest BCUT2D eigenvalue weighted by molar-refractivity contribution is 0.770. The van der Waals surface area contributed by atoms with Gasteiger partial charge in [-0.15, -0.1) is 0 Å². The van der Waals surface area contributed by atoms with Crippen molar-refractivity contribution in [3.63, 3.8) is 0 Å². The van der Waals surface area contributed by atoms with Crippen molar-refractivity contribution in [2.45, 2.75) is 5.41 Å². The Morgan fingerprint density at radius 2 is 0.778 bits per heavy atom. The fourth-order valence-corrected chi connectivity index (χ4v) is 10.1. The molecule has 12 rings (SSSR count). The summed E-state index contributed by atoms with van der Waals surface area (Å²) < 4.78 is 0. The van der Waals surface area contributed by atoms with Gasteiger partial charge in [0.25, 0.3) is 0 Å². The monoisotopic (exact) mass is 800 g/mol. The molecule has 0 atom stereocenters. The molecule has 0 fully saturated rings. The highest BCUT2D eigenvalue weighted by atomic mass is 14.9. The number of nitrogens with zero attached hydrogens (tertiary/aromatic N) is 2. The highest BCUT2D eigenvalue weighted by molar-refractivity contribution is 6.06. The van der Waals surface area contributed by atoms with E-state index in [0.717, 1.165) is 39.0 Å². The van der Waals surface area contributed by atoms with Crippen LogP contribution in [0.2, 0.25) is 0 Å². The largest absolute Gasteiger partial charge is 0.228 e. The predicted molar refractivity (Wildman–Crippen MR) is 262 cm³/mol. The second-order valence-corrected chi connectivity index (χ2v) is 16.5. The summed E-state index contributed by atoms with van der Waals surface area (Å²) in [5.74, 6) is 0.699. The van der Waals surface area contributed by atoms with Crippen LogP contribution in [0.1, 0.15) is 22.3 Å². The predicted octanol–water partition coefficient (Wildman–Crippen LogP) is 15.5. The second-order valence-electron chi connectivity index (χ2n) is 16.5. The van der Waals surface area contributed by atoms with Crippen LogP contribution in [0.25, 0.3) is 88.8 Å². The standard InChI is InChI=1S/C61H40N2/c1-5-18-41(19-6-1)43-24-17-25-47(36-43)58-40-59(63-60(62-58)42-20-7-2-8-21-42)54-35-34-50(51-30-15-16-31-52(51)54)46-32-33-53-55-37-44-22-13-14-23-45(44)38-57(55)61(56(53)39-46,48-26-9-3-10-27-48)49-28-11-4-12-29-49/h1-40H. The Bertz CT molecular complexity index is 3450. The number of benzene rings is 10. The van der Waals surface area contributed by atoms with Gasteiger partial charge >= 0.3 is 0 Å². The molecule has 63 heavy (non-hydrogen) atoms. The van der Waals surface area contributed by atoms with Gasteiger partial charge in [0.1, 0.15) is 0 Å². The van der Waals surface area contributed by atoms with Crippen molar-refractivity contribution in [1.29, 1.82) is 0 Å². The normalized spacial score (nSPS) is 12.6. The van der Waals surface area contributed by atoms with E-state index in [2.05, 4.69) is 224 Å². The topological polar surface area (TPSA) is 25.8 Å². The SMILES string of the molecule is c1ccc(-c2cccc(-c3cc(-c4ccc(-c5ccc6c(c5)C(c5ccccc5)(c5ccccc5)c5cc7ccccc7cc5-6)c5ccccc45)nc(-c4ccccc4)n3)c2)cc1. The Labute approximate surface area is 367 Å². The van der Waals surface area contributed by atoms with Gasteiger partial charge in [-0.3, -0.25) is 0 Å². The lowest BCUT2D eigenvalue weighted by Crippen LogP contribution is -2.28.